The third-order valence-electron chi connectivity index (χ3n) is 3.75. The summed E-state index contributed by atoms with van der Waals surface area (Å²) in [5.41, 5.74) is 1.04. The molecule has 0 aliphatic heterocycles. The molecule has 1 N–H and O–H groups in total. The fourth-order valence-electron chi connectivity index (χ4n) is 2.45. The van der Waals surface area contributed by atoms with E-state index in [4.69, 9.17) is 0 Å². The number of hydrogen-bond donors (Lipinski definition) is 1. The fraction of sp³-hybridized carbons (Fsp3) is 0.500. The van der Waals surface area contributed by atoms with Crippen molar-refractivity contribution in [2.45, 2.75) is 37.3 Å². The van der Waals surface area contributed by atoms with Crippen molar-refractivity contribution >= 4 is 22.7 Å². The number of fused-ring (bicyclic) bond motifs is 1. The fourth-order valence-corrected chi connectivity index (χ4v) is 3.63. The highest BCUT2D eigenvalue weighted by molar-refractivity contribution is 7.99. The number of thioether (sulfide) groups is 1. The number of nitrogens with one attached hydrogen (secondary N) is 1. The van der Waals surface area contributed by atoms with Crippen LogP contribution in [0.5, 0.6) is 0 Å². The van der Waals surface area contributed by atoms with Crippen molar-refractivity contribution in [2.24, 2.45) is 5.92 Å². The van der Waals surface area contributed by atoms with Crippen LogP contribution in [0.25, 0.3) is 10.9 Å². The highest BCUT2D eigenvalue weighted by atomic mass is 32.2. The van der Waals surface area contributed by atoms with Gasteiger partial charge in [-0.3, -0.25) is 0 Å². The van der Waals surface area contributed by atoms with E-state index in [2.05, 4.69) is 40.4 Å². The van der Waals surface area contributed by atoms with Crippen LogP contribution in [0.15, 0.2) is 35.6 Å². The zero-order chi connectivity index (χ0) is 13.8. The lowest BCUT2D eigenvalue weighted by Crippen LogP contribution is -2.33. The van der Waals surface area contributed by atoms with Crippen LogP contribution in [0.1, 0.15) is 26.2 Å². The van der Waals surface area contributed by atoms with Crippen LogP contribution in [0.3, 0.4) is 0 Å². The van der Waals surface area contributed by atoms with E-state index in [0.29, 0.717) is 6.04 Å². The molecule has 1 fully saturated rings. The number of nitrogens with zero attached hydrogens (tertiary/aromatic N) is 2. The first kappa shape index (κ1) is 13.8. The number of rotatable bonds is 7. The third-order valence-corrected chi connectivity index (χ3v) is 4.88. The Labute approximate surface area is 124 Å². The molecule has 0 amide bonds. The predicted molar refractivity (Wildman–Crippen MR) is 85.1 cm³/mol. The van der Waals surface area contributed by atoms with Gasteiger partial charge in [-0.05, 0) is 37.8 Å². The van der Waals surface area contributed by atoms with Crippen LogP contribution in [-0.4, -0.2) is 28.3 Å². The van der Waals surface area contributed by atoms with E-state index in [1.807, 2.05) is 17.8 Å². The second-order valence-corrected chi connectivity index (χ2v) is 6.41. The molecule has 3 rings (SSSR count). The molecule has 20 heavy (non-hydrogen) atoms. The first-order chi connectivity index (χ1) is 9.88. The van der Waals surface area contributed by atoms with E-state index in [9.17, 15) is 0 Å². The molecule has 1 unspecified atom stereocenters. The van der Waals surface area contributed by atoms with E-state index < -0.39 is 0 Å². The zero-order valence-corrected chi connectivity index (χ0v) is 12.7. The zero-order valence-electron chi connectivity index (χ0n) is 11.9. The van der Waals surface area contributed by atoms with Crippen molar-refractivity contribution < 1.29 is 0 Å². The van der Waals surface area contributed by atoms with Crippen molar-refractivity contribution in [3.05, 3.63) is 30.6 Å². The summed E-state index contributed by atoms with van der Waals surface area (Å²) in [4.78, 5) is 8.79. The molecule has 4 heteroatoms. The normalized spacial score (nSPS) is 16.4. The van der Waals surface area contributed by atoms with Gasteiger partial charge in [0, 0.05) is 17.2 Å². The van der Waals surface area contributed by atoms with Crippen LogP contribution < -0.4 is 5.32 Å². The van der Waals surface area contributed by atoms with Gasteiger partial charge in [-0.2, -0.15) is 0 Å². The number of aromatic nitrogens is 2. The molecule has 0 spiro atoms. The van der Waals surface area contributed by atoms with Crippen LogP contribution >= 0.6 is 11.8 Å². The molecule has 1 heterocycles. The summed E-state index contributed by atoms with van der Waals surface area (Å²) in [6.45, 7) is 3.34. The number of para-hydroxylation sites is 1. The Kier molecular flexibility index (Phi) is 4.53. The van der Waals surface area contributed by atoms with Gasteiger partial charge in [0.1, 0.15) is 11.4 Å². The molecular weight excluding hydrogens is 266 g/mol. The summed E-state index contributed by atoms with van der Waals surface area (Å²) in [5.74, 6) is 1.98. The van der Waals surface area contributed by atoms with Gasteiger partial charge >= 0.3 is 0 Å². The Bertz CT molecular complexity index is 563. The van der Waals surface area contributed by atoms with E-state index in [0.717, 1.165) is 28.8 Å². The average Bonchev–Trinajstić information content (AvgIpc) is 3.32. The maximum atomic E-state index is 4.46. The van der Waals surface area contributed by atoms with Crippen molar-refractivity contribution in [2.75, 3.05) is 12.3 Å². The number of benzene rings is 1. The van der Waals surface area contributed by atoms with Crippen LogP contribution in [0.2, 0.25) is 0 Å². The largest absolute Gasteiger partial charge is 0.313 e. The minimum absolute atomic E-state index is 0.633. The van der Waals surface area contributed by atoms with Crippen LogP contribution in [-0.2, 0) is 0 Å². The van der Waals surface area contributed by atoms with Crippen molar-refractivity contribution in [3.8, 4) is 0 Å². The quantitative estimate of drug-likeness (QED) is 0.625. The van der Waals surface area contributed by atoms with Gasteiger partial charge in [0.05, 0.1) is 5.52 Å². The minimum Gasteiger partial charge on any atom is -0.313 e. The molecule has 0 bridgehead atoms. The lowest BCUT2D eigenvalue weighted by Gasteiger charge is -2.17. The Morgan fingerprint density at radius 1 is 1.30 bits per heavy atom. The molecule has 1 atom stereocenters. The molecule has 0 saturated heterocycles. The standard InChI is InChI=1S/C16H21N3S/c1-2-9-17-15(12-7-8-12)10-20-16-13-5-3-4-6-14(13)18-11-19-16/h3-6,11-12,15,17H,2,7-10H2,1H3. The predicted octanol–water partition coefficient (Wildman–Crippen LogP) is 3.50. The highest BCUT2D eigenvalue weighted by Crippen LogP contribution is 2.35. The van der Waals surface area contributed by atoms with Crippen molar-refractivity contribution in [3.63, 3.8) is 0 Å². The second kappa shape index (κ2) is 6.55. The Balaban J connectivity index is 1.69. The first-order valence-electron chi connectivity index (χ1n) is 7.44. The van der Waals surface area contributed by atoms with Gasteiger partial charge in [0.15, 0.2) is 0 Å². The summed E-state index contributed by atoms with van der Waals surface area (Å²) < 4.78 is 0. The Hall–Kier alpha value is -1.13. The monoisotopic (exact) mass is 287 g/mol. The van der Waals surface area contributed by atoms with Gasteiger partial charge in [-0.25, -0.2) is 9.97 Å². The van der Waals surface area contributed by atoms with E-state index in [1.165, 1.54) is 24.6 Å². The van der Waals surface area contributed by atoms with E-state index >= 15 is 0 Å². The lowest BCUT2D eigenvalue weighted by atomic mass is 10.2. The van der Waals surface area contributed by atoms with Gasteiger partial charge in [0.25, 0.3) is 0 Å². The molecule has 0 radical (unpaired) electrons. The second-order valence-electron chi connectivity index (χ2n) is 5.41. The summed E-state index contributed by atoms with van der Waals surface area (Å²) >= 11 is 1.86. The molecule has 106 valence electrons. The summed E-state index contributed by atoms with van der Waals surface area (Å²) in [6, 6.07) is 8.88. The molecule has 1 saturated carbocycles. The molecule has 1 aliphatic rings. The molecule has 1 aromatic heterocycles. The summed E-state index contributed by atoms with van der Waals surface area (Å²) in [5, 5.41) is 5.97. The maximum Gasteiger partial charge on any atom is 0.117 e. The molecule has 2 aromatic rings. The molecule has 1 aromatic carbocycles. The molecule has 1 aliphatic carbocycles. The highest BCUT2D eigenvalue weighted by Gasteiger charge is 2.30. The van der Waals surface area contributed by atoms with Crippen molar-refractivity contribution in [1.82, 2.24) is 15.3 Å². The van der Waals surface area contributed by atoms with Crippen molar-refractivity contribution in [1.29, 1.82) is 0 Å². The average molecular weight is 287 g/mol. The van der Waals surface area contributed by atoms with Crippen LogP contribution in [0.4, 0.5) is 0 Å². The van der Waals surface area contributed by atoms with Gasteiger partial charge in [0.2, 0.25) is 0 Å². The molecule has 3 nitrogen and oxygen atoms in total. The van der Waals surface area contributed by atoms with Crippen LogP contribution in [0, 0.1) is 5.92 Å². The third kappa shape index (κ3) is 3.30. The Morgan fingerprint density at radius 2 is 2.15 bits per heavy atom. The van der Waals surface area contributed by atoms with Gasteiger partial charge in [-0.15, -0.1) is 11.8 Å². The minimum atomic E-state index is 0.633. The van der Waals surface area contributed by atoms with Gasteiger partial charge < -0.3 is 5.32 Å². The topological polar surface area (TPSA) is 37.8 Å². The lowest BCUT2D eigenvalue weighted by molar-refractivity contribution is 0.503. The Morgan fingerprint density at radius 3 is 2.95 bits per heavy atom. The SMILES string of the molecule is CCCNC(CSc1ncnc2ccccc12)C1CC1. The summed E-state index contributed by atoms with van der Waals surface area (Å²) in [7, 11) is 0. The first-order valence-corrected chi connectivity index (χ1v) is 8.43. The summed E-state index contributed by atoms with van der Waals surface area (Å²) in [6.07, 6.45) is 5.64. The maximum absolute atomic E-state index is 4.46. The number of hydrogen-bond acceptors (Lipinski definition) is 4. The van der Waals surface area contributed by atoms with E-state index in [1.54, 1.807) is 6.33 Å². The molecular formula is C16H21N3S. The van der Waals surface area contributed by atoms with E-state index in [-0.39, 0.29) is 0 Å². The van der Waals surface area contributed by atoms with Gasteiger partial charge in [-0.1, -0.05) is 25.1 Å². The smallest absolute Gasteiger partial charge is 0.117 e.